The number of sulfonamides is 1. The molecule has 0 bridgehead atoms. The minimum Gasteiger partial charge on any atom is -0.378 e. The first-order valence-electron chi connectivity index (χ1n) is 11.5. The SMILES string of the molecule is O=C1C=C2CCN(S(=O)(=O)c3ccc(N4CCOCC4)nc3)CC2(Cc2ccccc2)CC1. The van der Waals surface area contributed by atoms with Crippen LogP contribution in [0.3, 0.4) is 0 Å². The maximum absolute atomic E-state index is 13.6. The second-order valence-corrected chi connectivity index (χ2v) is 11.1. The Hall–Kier alpha value is -2.55. The average Bonchev–Trinajstić information content (AvgIpc) is 2.85. The van der Waals surface area contributed by atoms with Crippen LogP contribution in [0.5, 0.6) is 0 Å². The summed E-state index contributed by atoms with van der Waals surface area (Å²) in [7, 11) is -3.69. The molecular formula is C25H29N3O4S. The number of rotatable bonds is 5. The van der Waals surface area contributed by atoms with Crippen LogP contribution < -0.4 is 4.90 Å². The fourth-order valence-corrected chi connectivity index (χ4v) is 6.70. The lowest BCUT2D eigenvalue weighted by Crippen LogP contribution is -2.49. The molecule has 2 aliphatic heterocycles. The van der Waals surface area contributed by atoms with Crippen molar-refractivity contribution in [2.24, 2.45) is 5.41 Å². The van der Waals surface area contributed by atoms with Crippen LogP contribution in [0.4, 0.5) is 5.82 Å². The Morgan fingerprint density at radius 3 is 2.52 bits per heavy atom. The summed E-state index contributed by atoms with van der Waals surface area (Å²) >= 11 is 0. The van der Waals surface area contributed by atoms with Crippen LogP contribution in [-0.4, -0.2) is 62.9 Å². The minimum absolute atomic E-state index is 0.146. The summed E-state index contributed by atoms with van der Waals surface area (Å²) in [5, 5.41) is 0. The number of hydrogen-bond acceptors (Lipinski definition) is 6. The number of ether oxygens (including phenoxy) is 1. The van der Waals surface area contributed by atoms with Crippen molar-refractivity contribution in [3.05, 3.63) is 65.9 Å². The number of carbonyl (C=O) groups excluding carboxylic acids is 1. The molecule has 2 fully saturated rings. The number of carbonyl (C=O) groups is 1. The van der Waals surface area contributed by atoms with Crippen molar-refractivity contribution in [3.8, 4) is 0 Å². The zero-order valence-electron chi connectivity index (χ0n) is 18.7. The summed E-state index contributed by atoms with van der Waals surface area (Å²) in [5.74, 6) is 0.917. The molecule has 33 heavy (non-hydrogen) atoms. The van der Waals surface area contributed by atoms with Gasteiger partial charge in [0.2, 0.25) is 10.0 Å². The maximum Gasteiger partial charge on any atom is 0.244 e. The number of fused-ring (bicyclic) bond motifs is 1. The number of morpholine rings is 1. The fourth-order valence-electron chi connectivity index (χ4n) is 5.23. The lowest BCUT2D eigenvalue weighted by molar-refractivity contribution is -0.116. The molecule has 0 amide bonds. The number of benzene rings is 1. The van der Waals surface area contributed by atoms with Crippen molar-refractivity contribution < 1.29 is 17.9 Å². The molecule has 7 nitrogen and oxygen atoms in total. The number of allylic oxidation sites excluding steroid dienone is 1. The van der Waals surface area contributed by atoms with Crippen LogP contribution in [0, 0.1) is 5.41 Å². The van der Waals surface area contributed by atoms with Gasteiger partial charge in [0.25, 0.3) is 0 Å². The second-order valence-electron chi connectivity index (χ2n) is 9.12. The van der Waals surface area contributed by atoms with Crippen LogP contribution in [0.25, 0.3) is 0 Å². The topological polar surface area (TPSA) is 79.8 Å². The Labute approximate surface area is 195 Å². The van der Waals surface area contributed by atoms with Gasteiger partial charge in [-0.1, -0.05) is 35.9 Å². The van der Waals surface area contributed by atoms with E-state index in [9.17, 15) is 13.2 Å². The van der Waals surface area contributed by atoms with E-state index in [0.29, 0.717) is 45.6 Å². The lowest BCUT2D eigenvalue weighted by Gasteiger charge is -2.46. The first kappa shape index (κ1) is 22.3. The van der Waals surface area contributed by atoms with Gasteiger partial charge in [-0.05, 0) is 43.0 Å². The van der Waals surface area contributed by atoms with E-state index in [1.807, 2.05) is 18.2 Å². The van der Waals surface area contributed by atoms with E-state index in [-0.39, 0.29) is 16.1 Å². The lowest BCUT2D eigenvalue weighted by atomic mass is 9.66. The smallest absolute Gasteiger partial charge is 0.244 e. The Morgan fingerprint density at radius 1 is 1.00 bits per heavy atom. The van der Waals surface area contributed by atoms with Gasteiger partial charge in [0.15, 0.2) is 5.78 Å². The molecule has 0 spiro atoms. The molecule has 2 saturated heterocycles. The molecule has 1 aromatic carbocycles. The molecule has 0 saturated carbocycles. The average molecular weight is 468 g/mol. The van der Waals surface area contributed by atoms with Crippen molar-refractivity contribution >= 4 is 21.6 Å². The van der Waals surface area contributed by atoms with E-state index in [2.05, 4.69) is 22.0 Å². The number of aromatic nitrogens is 1. The van der Waals surface area contributed by atoms with Gasteiger partial charge >= 0.3 is 0 Å². The van der Waals surface area contributed by atoms with Crippen molar-refractivity contribution in [1.29, 1.82) is 0 Å². The monoisotopic (exact) mass is 467 g/mol. The van der Waals surface area contributed by atoms with Gasteiger partial charge in [-0.2, -0.15) is 4.31 Å². The first-order chi connectivity index (χ1) is 16.0. The summed E-state index contributed by atoms with van der Waals surface area (Å²) in [5.41, 5.74) is 1.91. The van der Waals surface area contributed by atoms with Gasteiger partial charge in [-0.3, -0.25) is 4.79 Å². The summed E-state index contributed by atoms with van der Waals surface area (Å²) in [6, 6.07) is 13.6. The maximum atomic E-state index is 13.6. The number of ketones is 1. The van der Waals surface area contributed by atoms with E-state index in [1.165, 1.54) is 6.20 Å². The zero-order valence-corrected chi connectivity index (χ0v) is 19.5. The third-order valence-electron chi connectivity index (χ3n) is 7.05. The highest BCUT2D eigenvalue weighted by atomic mass is 32.2. The Kier molecular flexibility index (Phi) is 6.07. The molecule has 3 heterocycles. The van der Waals surface area contributed by atoms with Gasteiger partial charge in [-0.15, -0.1) is 0 Å². The van der Waals surface area contributed by atoms with Crippen molar-refractivity contribution in [2.45, 2.75) is 30.6 Å². The predicted molar refractivity (Wildman–Crippen MR) is 126 cm³/mol. The number of hydrogen-bond donors (Lipinski definition) is 0. The summed E-state index contributed by atoms with van der Waals surface area (Å²) in [6.07, 6.45) is 5.69. The van der Waals surface area contributed by atoms with Crippen molar-refractivity contribution in [2.75, 3.05) is 44.3 Å². The molecule has 8 heteroatoms. The summed E-state index contributed by atoms with van der Waals surface area (Å²) in [6.45, 7) is 3.56. The number of piperidine rings is 1. The van der Waals surface area contributed by atoms with E-state index in [0.717, 1.165) is 36.5 Å². The van der Waals surface area contributed by atoms with Crippen LogP contribution in [-0.2, 0) is 26.0 Å². The van der Waals surface area contributed by atoms with Crippen LogP contribution in [0.2, 0.25) is 0 Å². The van der Waals surface area contributed by atoms with E-state index in [1.54, 1.807) is 22.5 Å². The van der Waals surface area contributed by atoms with Gasteiger partial charge in [0.1, 0.15) is 10.7 Å². The molecular weight excluding hydrogens is 438 g/mol. The molecule has 2 aromatic rings. The van der Waals surface area contributed by atoms with Crippen LogP contribution in [0.15, 0.2) is 65.2 Å². The van der Waals surface area contributed by atoms with Gasteiger partial charge in [-0.25, -0.2) is 13.4 Å². The Balaban J connectivity index is 1.40. The van der Waals surface area contributed by atoms with Gasteiger partial charge in [0, 0.05) is 44.2 Å². The van der Waals surface area contributed by atoms with Crippen LogP contribution in [0.1, 0.15) is 24.8 Å². The zero-order chi connectivity index (χ0) is 22.9. The number of pyridine rings is 1. The van der Waals surface area contributed by atoms with Gasteiger partial charge < -0.3 is 9.64 Å². The third-order valence-corrected chi connectivity index (χ3v) is 8.88. The first-order valence-corrected chi connectivity index (χ1v) is 13.0. The minimum atomic E-state index is -3.69. The fraction of sp³-hybridized carbons (Fsp3) is 0.440. The number of nitrogens with zero attached hydrogens (tertiary/aromatic N) is 3. The van der Waals surface area contributed by atoms with Gasteiger partial charge in [0.05, 0.1) is 13.2 Å². The molecule has 1 aliphatic carbocycles. The molecule has 1 aromatic heterocycles. The van der Waals surface area contributed by atoms with Crippen LogP contribution >= 0.6 is 0 Å². The second kappa shape index (κ2) is 9.00. The summed E-state index contributed by atoms with van der Waals surface area (Å²) in [4.78, 5) is 18.9. The number of anilines is 1. The molecule has 1 atom stereocenters. The molecule has 1 unspecified atom stereocenters. The Morgan fingerprint density at radius 2 is 1.79 bits per heavy atom. The van der Waals surface area contributed by atoms with E-state index in [4.69, 9.17) is 4.74 Å². The van der Waals surface area contributed by atoms with Crippen molar-refractivity contribution in [3.63, 3.8) is 0 Å². The normalized spacial score (nSPS) is 24.3. The highest BCUT2D eigenvalue weighted by molar-refractivity contribution is 7.89. The third kappa shape index (κ3) is 4.47. The quantitative estimate of drug-likeness (QED) is 0.673. The Bertz CT molecular complexity index is 1140. The van der Waals surface area contributed by atoms with Crippen molar-refractivity contribution in [1.82, 2.24) is 9.29 Å². The van der Waals surface area contributed by atoms with E-state index >= 15 is 0 Å². The molecule has 0 radical (unpaired) electrons. The highest BCUT2D eigenvalue weighted by Crippen LogP contribution is 2.46. The molecule has 3 aliphatic rings. The molecule has 0 N–H and O–H groups in total. The standard InChI is InChI=1S/C25H29N3O4S/c29-22-8-10-25(17-20-4-2-1-3-5-20)19-28(11-9-21(25)16-22)33(30,31)23-6-7-24(26-18-23)27-12-14-32-15-13-27/h1-7,16,18H,8-15,17,19H2. The van der Waals surface area contributed by atoms with E-state index < -0.39 is 10.0 Å². The largest absolute Gasteiger partial charge is 0.378 e. The summed E-state index contributed by atoms with van der Waals surface area (Å²) < 4.78 is 34.1. The predicted octanol–water partition coefficient (Wildman–Crippen LogP) is 2.83. The molecule has 5 rings (SSSR count). The highest BCUT2D eigenvalue weighted by Gasteiger charge is 2.45. The molecule has 174 valence electrons.